The van der Waals surface area contributed by atoms with E-state index in [0.717, 1.165) is 24.3 Å². The summed E-state index contributed by atoms with van der Waals surface area (Å²) in [5.41, 5.74) is -2.22. The molecule has 0 saturated carbocycles. The quantitative estimate of drug-likeness (QED) is 0.325. The van der Waals surface area contributed by atoms with Crippen molar-refractivity contribution in [3.8, 4) is 11.5 Å². The maximum absolute atomic E-state index is 13.4. The fourth-order valence-electron chi connectivity index (χ4n) is 3.04. The Balaban J connectivity index is 2.42. The molecule has 0 aromatic heterocycles. The van der Waals surface area contributed by atoms with E-state index in [1.54, 1.807) is 0 Å². The fraction of sp³-hybridized carbons (Fsp3) is 0.100. The molecule has 3 aromatic carbocycles. The monoisotopic (exact) mass is 508 g/mol. The van der Waals surface area contributed by atoms with Crippen LogP contribution in [0, 0.1) is 20.2 Å². The van der Waals surface area contributed by atoms with E-state index in [9.17, 15) is 37.1 Å². The minimum Gasteiger partial charge on any atom is -0.497 e. The fourth-order valence-corrected chi connectivity index (χ4v) is 6.53. The highest BCUT2D eigenvalue weighted by molar-refractivity contribution is 7.94. The van der Waals surface area contributed by atoms with Gasteiger partial charge in [-0.2, -0.15) is 0 Å². The van der Waals surface area contributed by atoms with Crippen molar-refractivity contribution in [3.05, 3.63) is 80.9 Å². The highest BCUT2D eigenvalue weighted by Gasteiger charge is 2.39. The number of non-ortho nitro benzene ring substituents is 1. The van der Waals surface area contributed by atoms with E-state index in [0.29, 0.717) is 12.1 Å². The number of ether oxygens (including phenoxy) is 2. The summed E-state index contributed by atoms with van der Waals surface area (Å²) in [6.07, 6.45) is 0. The lowest BCUT2D eigenvalue weighted by Crippen LogP contribution is -2.14. The van der Waals surface area contributed by atoms with Crippen molar-refractivity contribution in [1.29, 1.82) is 0 Å². The van der Waals surface area contributed by atoms with Gasteiger partial charge in [0.2, 0.25) is 19.7 Å². The van der Waals surface area contributed by atoms with E-state index >= 15 is 0 Å². The standard InChI is InChI=1S/C20H16N2O10S2/c1-31-14-3-7-16(8-4-14)33(27,28)19-12-13(21(23)24)11-18(22(25)26)20(19)34(29,30)17-9-5-15(32-2)6-10-17/h3-12H,1-2H3. The summed E-state index contributed by atoms with van der Waals surface area (Å²) >= 11 is 0. The Bertz CT molecular complexity index is 1480. The van der Waals surface area contributed by atoms with Crippen LogP contribution in [0.4, 0.5) is 11.4 Å². The molecule has 0 saturated heterocycles. The number of hydrogen-bond donors (Lipinski definition) is 0. The van der Waals surface area contributed by atoms with E-state index in [4.69, 9.17) is 9.47 Å². The summed E-state index contributed by atoms with van der Waals surface area (Å²) in [5, 5.41) is 23.1. The number of rotatable bonds is 8. The summed E-state index contributed by atoms with van der Waals surface area (Å²) < 4.78 is 63.6. The molecule has 3 rings (SSSR count). The van der Waals surface area contributed by atoms with Gasteiger partial charge in [0.1, 0.15) is 16.4 Å². The van der Waals surface area contributed by atoms with E-state index in [2.05, 4.69) is 0 Å². The zero-order valence-corrected chi connectivity index (χ0v) is 19.2. The van der Waals surface area contributed by atoms with Gasteiger partial charge in [0.25, 0.3) is 11.4 Å². The van der Waals surface area contributed by atoms with Gasteiger partial charge < -0.3 is 9.47 Å². The summed E-state index contributed by atoms with van der Waals surface area (Å²) in [5.74, 6) is 0.568. The largest absolute Gasteiger partial charge is 0.497 e. The molecule has 12 nitrogen and oxygen atoms in total. The summed E-state index contributed by atoms with van der Waals surface area (Å²) in [7, 11) is -6.94. The van der Waals surface area contributed by atoms with Crippen molar-refractivity contribution in [2.24, 2.45) is 0 Å². The number of benzene rings is 3. The molecule has 0 N–H and O–H groups in total. The molecule has 0 aliphatic rings. The first kappa shape index (κ1) is 24.6. The molecule has 0 bridgehead atoms. The second-order valence-corrected chi connectivity index (χ2v) is 10.5. The predicted molar refractivity (Wildman–Crippen MR) is 117 cm³/mol. The van der Waals surface area contributed by atoms with Crippen LogP contribution in [0.1, 0.15) is 0 Å². The third-order valence-electron chi connectivity index (χ3n) is 4.73. The van der Waals surface area contributed by atoms with Gasteiger partial charge in [-0.15, -0.1) is 0 Å². The normalized spacial score (nSPS) is 11.6. The number of sulfone groups is 2. The lowest BCUT2D eigenvalue weighted by molar-refractivity contribution is -0.396. The van der Waals surface area contributed by atoms with Crippen molar-refractivity contribution in [1.82, 2.24) is 0 Å². The zero-order valence-electron chi connectivity index (χ0n) is 17.6. The molecule has 14 heteroatoms. The van der Waals surface area contributed by atoms with Crippen LogP contribution in [0.2, 0.25) is 0 Å². The molecule has 0 aliphatic heterocycles. The van der Waals surface area contributed by atoms with Crippen molar-refractivity contribution < 1.29 is 36.2 Å². The van der Waals surface area contributed by atoms with Crippen LogP contribution in [-0.4, -0.2) is 40.9 Å². The predicted octanol–water partition coefficient (Wildman–Crippen LogP) is 3.19. The maximum atomic E-state index is 13.4. The van der Waals surface area contributed by atoms with Crippen LogP contribution < -0.4 is 9.47 Å². The number of nitro groups is 2. The molecule has 0 radical (unpaired) electrons. The van der Waals surface area contributed by atoms with Crippen LogP contribution in [0.25, 0.3) is 0 Å². The first-order valence-electron chi connectivity index (χ1n) is 9.18. The van der Waals surface area contributed by atoms with E-state index in [-0.39, 0.29) is 11.5 Å². The van der Waals surface area contributed by atoms with Crippen molar-refractivity contribution >= 4 is 31.0 Å². The van der Waals surface area contributed by atoms with Gasteiger partial charge in [-0.05, 0) is 48.5 Å². The first-order chi connectivity index (χ1) is 15.9. The summed E-state index contributed by atoms with van der Waals surface area (Å²) in [6, 6.07) is 10.3. The first-order valence-corrected chi connectivity index (χ1v) is 12.1. The third kappa shape index (κ3) is 4.40. The van der Waals surface area contributed by atoms with Gasteiger partial charge in [-0.25, -0.2) is 16.8 Å². The molecule has 0 amide bonds. The van der Waals surface area contributed by atoms with E-state index in [1.807, 2.05) is 0 Å². The number of hydrogen-bond acceptors (Lipinski definition) is 10. The average Bonchev–Trinajstić information content (AvgIpc) is 2.83. The lowest BCUT2D eigenvalue weighted by Gasteiger charge is -2.13. The Morgan fingerprint density at radius 3 is 1.50 bits per heavy atom. The molecule has 0 atom stereocenters. The van der Waals surface area contributed by atoms with Crippen LogP contribution in [0.5, 0.6) is 11.5 Å². The van der Waals surface area contributed by atoms with E-state index < -0.39 is 60.5 Å². The Morgan fingerprint density at radius 1 is 0.676 bits per heavy atom. The Labute approximate surface area is 193 Å². The number of methoxy groups -OCH3 is 2. The smallest absolute Gasteiger partial charge is 0.296 e. The van der Waals surface area contributed by atoms with Gasteiger partial charge in [0.15, 0.2) is 4.90 Å². The summed E-state index contributed by atoms with van der Waals surface area (Å²) in [4.78, 5) is 17.7. The van der Waals surface area contributed by atoms with Gasteiger partial charge >= 0.3 is 0 Å². The van der Waals surface area contributed by atoms with Gasteiger partial charge in [-0.1, -0.05) is 0 Å². The van der Waals surface area contributed by atoms with Crippen molar-refractivity contribution in [2.45, 2.75) is 19.6 Å². The van der Waals surface area contributed by atoms with Gasteiger partial charge in [0.05, 0.1) is 39.9 Å². The molecule has 34 heavy (non-hydrogen) atoms. The Hall–Kier alpha value is -4.04. The minimum absolute atomic E-state index is 0.281. The molecule has 0 unspecified atom stereocenters. The highest BCUT2D eigenvalue weighted by Crippen LogP contribution is 2.40. The van der Waals surface area contributed by atoms with E-state index in [1.165, 1.54) is 38.5 Å². The Kier molecular flexibility index (Phi) is 6.56. The molecule has 0 spiro atoms. The molecular formula is C20H16N2O10S2. The SMILES string of the molecule is COc1ccc(S(=O)(=O)c2cc([N+](=O)[O-])cc([N+](=O)[O-])c2S(=O)(=O)c2ccc(OC)cc2)cc1. The Morgan fingerprint density at radius 2 is 1.12 bits per heavy atom. The summed E-state index contributed by atoms with van der Waals surface area (Å²) in [6.45, 7) is 0. The van der Waals surface area contributed by atoms with Crippen LogP contribution in [0.3, 0.4) is 0 Å². The van der Waals surface area contributed by atoms with Crippen molar-refractivity contribution in [2.75, 3.05) is 14.2 Å². The second kappa shape index (κ2) is 9.07. The van der Waals surface area contributed by atoms with Crippen LogP contribution >= 0.6 is 0 Å². The molecule has 0 fully saturated rings. The lowest BCUT2D eigenvalue weighted by atomic mass is 10.3. The average molecular weight is 508 g/mol. The zero-order chi connectivity index (χ0) is 25.3. The van der Waals surface area contributed by atoms with Gasteiger partial charge in [-0.3, -0.25) is 20.2 Å². The number of nitro benzene ring substituents is 2. The van der Waals surface area contributed by atoms with Crippen LogP contribution in [-0.2, 0) is 19.7 Å². The third-order valence-corrected chi connectivity index (χ3v) is 8.51. The molecule has 0 heterocycles. The molecule has 3 aromatic rings. The van der Waals surface area contributed by atoms with Crippen LogP contribution in [0.15, 0.2) is 80.2 Å². The van der Waals surface area contributed by atoms with Crippen molar-refractivity contribution in [3.63, 3.8) is 0 Å². The van der Waals surface area contributed by atoms with Gasteiger partial charge in [0, 0.05) is 6.07 Å². The second-order valence-electron chi connectivity index (χ2n) is 6.66. The maximum Gasteiger partial charge on any atom is 0.296 e. The topological polar surface area (TPSA) is 173 Å². The molecule has 178 valence electrons. The molecule has 0 aliphatic carbocycles. The molecular weight excluding hydrogens is 492 g/mol. The minimum atomic E-state index is -4.84. The highest BCUT2D eigenvalue weighted by atomic mass is 32.2. The number of nitrogens with zero attached hydrogens (tertiary/aromatic N) is 2.